The van der Waals surface area contributed by atoms with Gasteiger partial charge in [0.05, 0.1) is 16.7 Å². The van der Waals surface area contributed by atoms with E-state index in [9.17, 15) is 0 Å². The summed E-state index contributed by atoms with van der Waals surface area (Å²) in [5.41, 5.74) is 3.28. The van der Waals surface area contributed by atoms with Crippen molar-refractivity contribution < 1.29 is 0 Å². The topological polar surface area (TPSA) is 24.9 Å². The second-order valence-corrected chi connectivity index (χ2v) is 4.66. The quantitative estimate of drug-likeness (QED) is 0.746. The molecule has 2 heterocycles. The Hall–Kier alpha value is -0.410. The zero-order chi connectivity index (χ0) is 9.15. The monoisotopic (exact) mass is 196 g/mol. The van der Waals surface area contributed by atoms with Crippen molar-refractivity contribution in [2.45, 2.75) is 38.1 Å². The summed E-state index contributed by atoms with van der Waals surface area (Å²) < 4.78 is 0. The van der Waals surface area contributed by atoms with Gasteiger partial charge in [-0.2, -0.15) is 0 Å². The second-order valence-electron chi connectivity index (χ2n) is 3.94. The highest BCUT2D eigenvalue weighted by molar-refractivity contribution is 7.07. The van der Waals surface area contributed by atoms with E-state index in [1.54, 1.807) is 11.3 Å². The summed E-state index contributed by atoms with van der Waals surface area (Å²) >= 11 is 1.69. The molecule has 2 nitrogen and oxygen atoms in total. The van der Waals surface area contributed by atoms with E-state index in [0.29, 0.717) is 0 Å². The third-order valence-electron chi connectivity index (χ3n) is 2.87. The summed E-state index contributed by atoms with van der Waals surface area (Å²) in [4.78, 5) is 4.41. The molecule has 0 bridgehead atoms. The highest BCUT2D eigenvalue weighted by atomic mass is 32.1. The van der Waals surface area contributed by atoms with Crippen LogP contribution >= 0.6 is 11.3 Å². The first-order valence-electron chi connectivity index (χ1n) is 4.95. The molecule has 1 aliphatic rings. The predicted molar refractivity (Wildman–Crippen MR) is 55.9 cm³/mol. The zero-order valence-electron chi connectivity index (χ0n) is 8.05. The first-order chi connectivity index (χ1) is 6.31. The molecular formula is C10H16N2S. The molecule has 0 aliphatic carbocycles. The zero-order valence-corrected chi connectivity index (χ0v) is 8.86. The molecule has 0 aromatic carbocycles. The fourth-order valence-corrected chi connectivity index (χ4v) is 2.62. The highest BCUT2D eigenvalue weighted by Crippen LogP contribution is 2.28. The lowest BCUT2D eigenvalue weighted by Crippen LogP contribution is -2.39. The van der Waals surface area contributed by atoms with Gasteiger partial charge in [-0.05, 0) is 26.3 Å². The molecule has 1 aromatic rings. The largest absolute Gasteiger partial charge is 0.306 e. The highest BCUT2D eigenvalue weighted by Gasteiger charge is 2.28. The van der Waals surface area contributed by atoms with Crippen molar-refractivity contribution in [3.05, 3.63) is 16.6 Å². The predicted octanol–water partition coefficient (Wildman–Crippen LogP) is 2.52. The number of hydrogen-bond acceptors (Lipinski definition) is 3. The van der Waals surface area contributed by atoms with E-state index < -0.39 is 0 Å². The summed E-state index contributed by atoms with van der Waals surface area (Å²) in [5.74, 6) is 0. The summed E-state index contributed by atoms with van der Waals surface area (Å²) in [6, 6.07) is 0. The average molecular weight is 196 g/mol. The van der Waals surface area contributed by atoms with E-state index in [2.05, 4.69) is 22.6 Å². The van der Waals surface area contributed by atoms with E-state index in [1.807, 2.05) is 5.51 Å². The molecule has 1 aromatic heterocycles. The lowest BCUT2D eigenvalue weighted by molar-refractivity contribution is 0.351. The first-order valence-corrected chi connectivity index (χ1v) is 5.89. The standard InChI is InChI=1S/C10H16N2S/c1-10(9-7-13-8-11-9)5-3-2-4-6-12-10/h7-8,12H,2-6H2,1H3. The maximum atomic E-state index is 4.41. The van der Waals surface area contributed by atoms with Gasteiger partial charge in [-0.3, -0.25) is 0 Å². The Bertz CT molecular complexity index is 248. The Morgan fingerprint density at radius 3 is 3.15 bits per heavy atom. The van der Waals surface area contributed by atoms with Crippen molar-refractivity contribution in [3.8, 4) is 0 Å². The number of thiazole rings is 1. The molecule has 72 valence electrons. The van der Waals surface area contributed by atoms with Crippen molar-refractivity contribution in [1.29, 1.82) is 0 Å². The van der Waals surface area contributed by atoms with E-state index >= 15 is 0 Å². The molecule has 1 saturated heterocycles. The fourth-order valence-electron chi connectivity index (χ4n) is 1.94. The second kappa shape index (κ2) is 3.76. The van der Waals surface area contributed by atoms with Gasteiger partial charge in [-0.15, -0.1) is 11.3 Å². The van der Waals surface area contributed by atoms with Crippen LogP contribution in [-0.4, -0.2) is 11.5 Å². The summed E-state index contributed by atoms with van der Waals surface area (Å²) in [6.45, 7) is 3.40. The smallest absolute Gasteiger partial charge is 0.0795 e. The van der Waals surface area contributed by atoms with Crippen LogP contribution in [0.25, 0.3) is 0 Å². The normalized spacial score (nSPS) is 29.9. The minimum atomic E-state index is 0.135. The van der Waals surface area contributed by atoms with Crippen LogP contribution in [0, 0.1) is 0 Å². The van der Waals surface area contributed by atoms with Gasteiger partial charge in [0, 0.05) is 5.38 Å². The van der Waals surface area contributed by atoms with Crippen LogP contribution < -0.4 is 5.32 Å². The van der Waals surface area contributed by atoms with Gasteiger partial charge >= 0.3 is 0 Å². The summed E-state index contributed by atoms with van der Waals surface area (Å²) in [7, 11) is 0. The van der Waals surface area contributed by atoms with Gasteiger partial charge in [0.25, 0.3) is 0 Å². The van der Waals surface area contributed by atoms with Crippen LogP contribution in [-0.2, 0) is 5.54 Å². The molecule has 0 radical (unpaired) electrons. The van der Waals surface area contributed by atoms with Crippen molar-refractivity contribution in [2.24, 2.45) is 0 Å². The first kappa shape index (κ1) is 9.16. The molecule has 3 heteroatoms. The van der Waals surface area contributed by atoms with Crippen LogP contribution in [0.15, 0.2) is 10.9 Å². The van der Waals surface area contributed by atoms with Crippen molar-refractivity contribution >= 4 is 11.3 Å². The molecule has 1 unspecified atom stereocenters. The van der Waals surface area contributed by atoms with Gasteiger partial charge in [0.1, 0.15) is 0 Å². The maximum absolute atomic E-state index is 4.41. The number of hydrogen-bond donors (Lipinski definition) is 1. The fraction of sp³-hybridized carbons (Fsp3) is 0.700. The number of nitrogens with zero attached hydrogens (tertiary/aromatic N) is 1. The third-order valence-corrected chi connectivity index (χ3v) is 3.45. The summed E-state index contributed by atoms with van der Waals surface area (Å²) in [5, 5.41) is 5.77. The van der Waals surface area contributed by atoms with Crippen LogP contribution in [0.2, 0.25) is 0 Å². The van der Waals surface area contributed by atoms with Gasteiger partial charge in [0.15, 0.2) is 0 Å². The van der Waals surface area contributed by atoms with Gasteiger partial charge in [-0.1, -0.05) is 12.8 Å². The van der Waals surface area contributed by atoms with E-state index in [1.165, 1.54) is 31.4 Å². The van der Waals surface area contributed by atoms with Crippen LogP contribution in [0.1, 0.15) is 38.3 Å². The average Bonchev–Trinajstić information content (AvgIpc) is 2.57. The van der Waals surface area contributed by atoms with Crippen molar-refractivity contribution in [2.75, 3.05) is 6.54 Å². The molecule has 13 heavy (non-hydrogen) atoms. The molecule has 1 aliphatic heterocycles. The summed E-state index contributed by atoms with van der Waals surface area (Å²) in [6.07, 6.45) is 5.20. The molecule has 0 saturated carbocycles. The van der Waals surface area contributed by atoms with Gasteiger partial charge in [0.2, 0.25) is 0 Å². The Kier molecular flexibility index (Phi) is 2.65. The van der Waals surface area contributed by atoms with Crippen LogP contribution in [0.4, 0.5) is 0 Å². The Morgan fingerprint density at radius 1 is 1.46 bits per heavy atom. The molecule has 1 fully saturated rings. The van der Waals surface area contributed by atoms with E-state index in [4.69, 9.17) is 0 Å². The van der Waals surface area contributed by atoms with E-state index in [0.717, 1.165) is 6.54 Å². The number of aromatic nitrogens is 1. The molecular weight excluding hydrogens is 180 g/mol. The SMILES string of the molecule is CC1(c2cscn2)CCCCCN1. The van der Waals surface area contributed by atoms with Crippen LogP contribution in [0.5, 0.6) is 0 Å². The molecule has 2 rings (SSSR count). The van der Waals surface area contributed by atoms with Crippen molar-refractivity contribution in [3.63, 3.8) is 0 Å². The molecule has 0 spiro atoms. The minimum absolute atomic E-state index is 0.135. The molecule has 1 atom stereocenters. The molecule has 0 amide bonds. The number of nitrogens with one attached hydrogen (secondary N) is 1. The Balaban J connectivity index is 2.17. The number of rotatable bonds is 1. The van der Waals surface area contributed by atoms with Gasteiger partial charge < -0.3 is 5.32 Å². The van der Waals surface area contributed by atoms with E-state index in [-0.39, 0.29) is 5.54 Å². The van der Waals surface area contributed by atoms with Crippen LogP contribution in [0.3, 0.4) is 0 Å². The minimum Gasteiger partial charge on any atom is -0.306 e. The Labute approximate surface area is 83.4 Å². The lowest BCUT2D eigenvalue weighted by atomic mass is 9.93. The Morgan fingerprint density at radius 2 is 2.38 bits per heavy atom. The third kappa shape index (κ3) is 1.92. The molecule has 1 N–H and O–H groups in total. The lowest BCUT2D eigenvalue weighted by Gasteiger charge is -2.27. The maximum Gasteiger partial charge on any atom is 0.0795 e. The van der Waals surface area contributed by atoms with Gasteiger partial charge in [-0.25, -0.2) is 4.98 Å². The van der Waals surface area contributed by atoms with Crippen molar-refractivity contribution in [1.82, 2.24) is 10.3 Å².